The number of anilines is 1. The van der Waals surface area contributed by atoms with Gasteiger partial charge in [-0.3, -0.25) is 9.78 Å². The van der Waals surface area contributed by atoms with Crippen molar-refractivity contribution in [1.29, 1.82) is 0 Å². The molecule has 0 aliphatic carbocycles. The maximum Gasteiger partial charge on any atom is 0.226 e. The van der Waals surface area contributed by atoms with E-state index in [1.165, 1.54) is 0 Å². The van der Waals surface area contributed by atoms with Gasteiger partial charge in [-0.25, -0.2) is 4.98 Å². The fourth-order valence-electron chi connectivity index (χ4n) is 5.79. The van der Waals surface area contributed by atoms with Gasteiger partial charge in [0.2, 0.25) is 5.91 Å². The third-order valence-corrected chi connectivity index (χ3v) is 8.11. The molecule has 4 heterocycles. The highest BCUT2D eigenvalue weighted by molar-refractivity contribution is 7.80. The Morgan fingerprint density at radius 2 is 1.78 bits per heavy atom. The zero-order chi connectivity index (χ0) is 28.5. The number of hydrogen-bond donors (Lipinski definition) is 2. The van der Waals surface area contributed by atoms with Gasteiger partial charge >= 0.3 is 0 Å². The van der Waals surface area contributed by atoms with Gasteiger partial charge in [-0.2, -0.15) is 0 Å². The standard InChI is InChI=1S/C33H32N6OS/c1-21-14-15-29(35-20-21)39-22(2)19-26(23(39)3)32-31(28-12-6-7-17-34-28)37-33(41)38(32)18-16-30(40)36-27-13-8-10-24-9-4-5-11-25(24)27/h4-15,17,19-20,31-32H,16,18H2,1-3H3,(H,36,40)(H,37,41)/t31-,32-/m1/s1. The lowest BCUT2D eigenvalue weighted by Crippen LogP contribution is -2.33. The first-order valence-corrected chi connectivity index (χ1v) is 14.2. The van der Waals surface area contributed by atoms with E-state index in [-0.39, 0.29) is 24.4 Å². The number of amides is 1. The fraction of sp³-hybridized carbons (Fsp3) is 0.212. The molecule has 2 N–H and O–H groups in total. The smallest absolute Gasteiger partial charge is 0.226 e. The van der Waals surface area contributed by atoms with Gasteiger partial charge in [0.15, 0.2) is 5.11 Å². The highest BCUT2D eigenvalue weighted by Crippen LogP contribution is 2.41. The summed E-state index contributed by atoms with van der Waals surface area (Å²) < 4.78 is 2.18. The number of nitrogens with zero attached hydrogens (tertiary/aromatic N) is 4. The molecule has 41 heavy (non-hydrogen) atoms. The maximum atomic E-state index is 13.2. The Morgan fingerprint density at radius 1 is 0.976 bits per heavy atom. The molecule has 206 valence electrons. The molecule has 1 aliphatic heterocycles. The number of thiocarbonyl (C=S) groups is 1. The van der Waals surface area contributed by atoms with Gasteiger partial charge in [0.25, 0.3) is 0 Å². The Hall–Kier alpha value is -4.56. The molecule has 0 bridgehead atoms. The average Bonchev–Trinajstić information content (AvgIpc) is 3.47. The van der Waals surface area contributed by atoms with E-state index in [2.05, 4.69) is 56.0 Å². The molecule has 0 saturated carbocycles. The number of benzene rings is 2. The number of carbonyl (C=O) groups is 1. The minimum Gasteiger partial charge on any atom is -0.352 e. The molecule has 5 aromatic rings. The zero-order valence-electron chi connectivity index (χ0n) is 23.3. The van der Waals surface area contributed by atoms with Crippen LogP contribution in [0.1, 0.15) is 46.7 Å². The molecule has 0 spiro atoms. The third kappa shape index (κ3) is 5.18. The predicted molar refractivity (Wildman–Crippen MR) is 167 cm³/mol. The van der Waals surface area contributed by atoms with Crippen LogP contribution >= 0.6 is 12.2 Å². The topological polar surface area (TPSA) is 75.1 Å². The third-order valence-electron chi connectivity index (χ3n) is 7.76. The lowest BCUT2D eigenvalue weighted by molar-refractivity contribution is -0.116. The van der Waals surface area contributed by atoms with Crippen LogP contribution in [0.4, 0.5) is 5.69 Å². The Balaban J connectivity index is 1.31. The number of rotatable bonds is 7. The second kappa shape index (κ2) is 11.1. The molecule has 1 fully saturated rings. The van der Waals surface area contributed by atoms with Crippen molar-refractivity contribution < 1.29 is 4.79 Å². The van der Waals surface area contributed by atoms with Crippen LogP contribution in [-0.2, 0) is 4.79 Å². The maximum absolute atomic E-state index is 13.2. The van der Waals surface area contributed by atoms with Crippen LogP contribution in [0.5, 0.6) is 0 Å². The molecular formula is C33H32N6OS. The second-order valence-corrected chi connectivity index (χ2v) is 10.9. The molecule has 8 heteroatoms. The van der Waals surface area contributed by atoms with Gasteiger partial charge < -0.3 is 20.1 Å². The second-order valence-electron chi connectivity index (χ2n) is 10.5. The minimum absolute atomic E-state index is 0.0569. The van der Waals surface area contributed by atoms with Crippen molar-refractivity contribution in [1.82, 2.24) is 24.8 Å². The van der Waals surface area contributed by atoms with Crippen LogP contribution in [0.25, 0.3) is 16.6 Å². The van der Waals surface area contributed by atoms with Gasteiger partial charge in [-0.05, 0) is 79.8 Å². The van der Waals surface area contributed by atoms with Crippen molar-refractivity contribution in [2.45, 2.75) is 39.3 Å². The summed E-state index contributed by atoms with van der Waals surface area (Å²) in [4.78, 5) is 24.7. The summed E-state index contributed by atoms with van der Waals surface area (Å²) in [7, 11) is 0. The average molecular weight is 561 g/mol. The Bertz CT molecular complexity index is 1730. The van der Waals surface area contributed by atoms with E-state index in [4.69, 9.17) is 12.2 Å². The summed E-state index contributed by atoms with van der Waals surface area (Å²) >= 11 is 5.87. The monoisotopic (exact) mass is 560 g/mol. The van der Waals surface area contributed by atoms with Crippen LogP contribution in [0.3, 0.4) is 0 Å². The van der Waals surface area contributed by atoms with Crippen molar-refractivity contribution in [3.8, 4) is 5.82 Å². The summed E-state index contributed by atoms with van der Waals surface area (Å²) in [5.41, 5.74) is 6.13. The molecule has 6 rings (SSSR count). The molecule has 3 aromatic heterocycles. The molecule has 1 amide bonds. The van der Waals surface area contributed by atoms with Crippen molar-refractivity contribution >= 4 is 39.7 Å². The van der Waals surface area contributed by atoms with E-state index in [0.717, 1.165) is 50.5 Å². The number of nitrogens with one attached hydrogen (secondary N) is 2. The summed E-state index contributed by atoms with van der Waals surface area (Å²) in [5.74, 6) is 0.819. The van der Waals surface area contributed by atoms with E-state index >= 15 is 0 Å². The van der Waals surface area contributed by atoms with Gasteiger partial charge in [0.1, 0.15) is 5.82 Å². The molecular weight excluding hydrogens is 528 g/mol. The van der Waals surface area contributed by atoms with Crippen molar-refractivity contribution in [3.63, 3.8) is 0 Å². The quantitative estimate of drug-likeness (QED) is 0.226. The molecule has 7 nitrogen and oxygen atoms in total. The molecule has 2 aromatic carbocycles. The number of fused-ring (bicyclic) bond motifs is 1. The fourth-order valence-corrected chi connectivity index (χ4v) is 6.12. The van der Waals surface area contributed by atoms with Crippen LogP contribution in [0, 0.1) is 20.8 Å². The SMILES string of the molecule is Cc1ccc(-n2c(C)cc([C@@H]3[C@@H](c4ccccn4)NC(=S)N3CCC(=O)Nc3cccc4ccccc34)c2C)nc1. The van der Waals surface area contributed by atoms with Crippen LogP contribution in [-0.4, -0.2) is 37.0 Å². The predicted octanol–water partition coefficient (Wildman–Crippen LogP) is 6.35. The Kier molecular flexibility index (Phi) is 7.24. The van der Waals surface area contributed by atoms with Crippen LogP contribution < -0.4 is 10.6 Å². The lowest BCUT2D eigenvalue weighted by Gasteiger charge is -2.28. The number of carbonyl (C=O) groups excluding carboxylic acids is 1. The van der Waals surface area contributed by atoms with Gasteiger partial charge in [0.05, 0.1) is 17.8 Å². The van der Waals surface area contributed by atoms with E-state index in [1.807, 2.05) is 79.9 Å². The van der Waals surface area contributed by atoms with Crippen molar-refractivity contribution in [3.05, 3.63) is 119 Å². The van der Waals surface area contributed by atoms with E-state index in [0.29, 0.717) is 11.7 Å². The normalized spacial score (nSPS) is 16.7. The van der Waals surface area contributed by atoms with Gasteiger partial charge in [0, 0.05) is 47.8 Å². The molecule has 0 unspecified atom stereocenters. The van der Waals surface area contributed by atoms with Crippen LogP contribution in [0.2, 0.25) is 0 Å². The van der Waals surface area contributed by atoms with Crippen molar-refractivity contribution in [2.24, 2.45) is 0 Å². The van der Waals surface area contributed by atoms with Crippen LogP contribution in [0.15, 0.2) is 91.3 Å². The van der Waals surface area contributed by atoms with Gasteiger partial charge in [-0.1, -0.05) is 48.5 Å². The largest absolute Gasteiger partial charge is 0.352 e. The molecule has 1 saturated heterocycles. The summed E-state index contributed by atoms with van der Waals surface area (Å²) in [6.07, 6.45) is 3.98. The highest BCUT2D eigenvalue weighted by Gasteiger charge is 2.41. The van der Waals surface area contributed by atoms with E-state index in [1.54, 1.807) is 6.20 Å². The molecule has 0 radical (unpaired) electrons. The number of hydrogen-bond acceptors (Lipinski definition) is 4. The summed E-state index contributed by atoms with van der Waals surface area (Å²) in [5, 5.41) is 9.35. The number of aromatic nitrogens is 3. The van der Waals surface area contributed by atoms with E-state index in [9.17, 15) is 4.79 Å². The zero-order valence-corrected chi connectivity index (χ0v) is 24.2. The minimum atomic E-state index is -0.162. The number of pyridine rings is 2. The Morgan fingerprint density at radius 3 is 2.56 bits per heavy atom. The summed E-state index contributed by atoms with van der Waals surface area (Å²) in [6, 6.07) is 25.9. The van der Waals surface area contributed by atoms with Gasteiger partial charge in [-0.15, -0.1) is 0 Å². The van der Waals surface area contributed by atoms with Crippen molar-refractivity contribution in [2.75, 3.05) is 11.9 Å². The van der Waals surface area contributed by atoms with E-state index < -0.39 is 0 Å². The molecule has 1 aliphatic rings. The highest BCUT2D eigenvalue weighted by atomic mass is 32.1. The Labute approximate surface area is 245 Å². The summed E-state index contributed by atoms with van der Waals surface area (Å²) in [6.45, 7) is 6.71. The molecule has 2 atom stereocenters. The lowest BCUT2D eigenvalue weighted by atomic mass is 9.96. The first kappa shape index (κ1) is 26.7. The first-order valence-electron chi connectivity index (χ1n) is 13.8. The number of aryl methyl sites for hydroxylation is 2. The first-order chi connectivity index (χ1) is 19.9.